The fourth-order valence-corrected chi connectivity index (χ4v) is 3.25. The molecule has 140 valence electrons. The first kappa shape index (κ1) is 17.5. The molecule has 1 aliphatic rings. The van der Waals surface area contributed by atoms with Crippen molar-refractivity contribution in [2.45, 2.75) is 26.4 Å². The minimum absolute atomic E-state index is 0.0274. The van der Waals surface area contributed by atoms with Crippen LogP contribution in [0.5, 0.6) is 11.5 Å². The van der Waals surface area contributed by atoms with Crippen LogP contribution in [0.4, 0.5) is 8.78 Å². The molecule has 0 aliphatic carbocycles. The van der Waals surface area contributed by atoms with E-state index in [2.05, 4.69) is 10.4 Å². The molecule has 5 nitrogen and oxygen atoms in total. The van der Waals surface area contributed by atoms with Crippen molar-refractivity contribution in [1.82, 2.24) is 15.1 Å². The number of aromatic nitrogens is 2. The van der Waals surface area contributed by atoms with Crippen molar-refractivity contribution >= 4 is 0 Å². The van der Waals surface area contributed by atoms with Crippen molar-refractivity contribution in [3.63, 3.8) is 0 Å². The third-order valence-corrected chi connectivity index (χ3v) is 4.73. The van der Waals surface area contributed by atoms with E-state index in [1.807, 2.05) is 32.0 Å². The van der Waals surface area contributed by atoms with E-state index in [0.29, 0.717) is 6.54 Å². The number of hydrogen-bond donors (Lipinski definition) is 1. The molecule has 1 N–H and O–H groups in total. The molecule has 2 heterocycles. The summed E-state index contributed by atoms with van der Waals surface area (Å²) in [6, 6.07) is 9.22. The van der Waals surface area contributed by atoms with Gasteiger partial charge in [-0.3, -0.25) is 0 Å². The normalized spacial score (nSPS) is 13.8. The standard InChI is InChI=1S/C20H19F2N3O2/c1-12(23-9-14-4-3-5-19-20(14)27-11-26-19)16-10-24-25(13(16)2)18-7-6-15(21)8-17(18)22/h3-8,10,12,23H,9,11H2,1-2H3/t12-/m0/s1. The van der Waals surface area contributed by atoms with Gasteiger partial charge in [-0.25, -0.2) is 13.5 Å². The molecule has 0 saturated carbocycles. The monoisotopic (exact) mass is 371 g/mol. The molecule has 0 fully saturated rings. The Morgan fingerprint density at radius 3 is 2.89 bits per heavy atom. The zero-order valence-electron chi connectivity index (χ0n) is 15.0. The first-order chi connectivity index (χ1) is 13.0. The topological polar surface area (TPSA) is 48.3 Å². The minimum atomic E-state index is -0.648. The van der Waals surface area contributed by atoms with Gasteiger partial charge in [-0.15, -0.1) is 0 Å². The predicted octanol–water partition coefficient (Wildman–Crippen LogP) is 4.04. The predicted molar refractivity (Wildman–Crippen MR) is 96.0 cm³/mol. The van der Waals surface area contributed by atoms with Gasteiger partial charge in [0.25, 0.3) is 0 Å². The van der Waals surface area contributed by atoms with Gasteiger partial charge in [-0.1, -0.05) is 12.1 Å². The first-order valence-corrected chi connectivity index (χ1v) is 8.65. The molecule has 0 bridgehead atoms. The second-order valence-electron chi connectivity index (χ2n) is 6.45. The Hall–Kier alpha value is -2.93. The molecule has 1 aliphatic heterocycles. The lowest BCUT2D eigenvalue weighted by Gasteiger charge is -2.15. The van der Waals surface area contributed by atoms with Crippen LogP contribution in [0.1, 0.15) is 29.8 Å². The number of rotatable bonds is 5. The molecule has 0 saturated heterocycles. The summed E-state index contributed by atoms with van der Waals surface area (Å²) in [5.74, 6) is 0.249. The van der Waals surface area contributed by atoms with E-state index in [9.17, 15) is 8.78 Å². The second kappa shape index (κ2) is 7.00. The maximum atomic E-state index is 14.1. The van der Waals surface area contributed by atoms with Gasteiger partial charge in [-0.2, -0.15) is 5.10 Å². The summed E-state index contributed by atoms with van der Waals surface area (Å²) in [5.41, 5.74) is 2.95. The van der Waals surface area contributed by atoms with Gasteiger partial charge in [-0.05, 0) is 32.0 Å². The highest BCUT2D eigenvalue weighted by Gasteiger charge is 2.19. The van der Waals surface area contributed by atoms with Gasteiger partial charge in [0, 0.05) is 35.5 Å². The Labute approximate surface area is 155 Å². The molecule has 27 heavy (non-hydrogen) atoms. The Morgan fingerprint density at radius 2 is 2.07 bits per heavy atom. The van der Waals surface area contributed by atoms with Crippen molar-refractivity contribution in [2.75, 3.05) is 6.79 Å². The van der Waals surface area contributed by atoms with Gasteiger partial charge < -0.3 is 14.8 Å². The molecular formula is C20H19F2N3O2. The number of benzene rings is 2. The average Bonchev–Trinajstić information content (AvgIpc) is 3.27. The van der Waals surface area contributed by atoms with Crippen molar-refractivity contribution in [2.24, 2.45) is 0 Å². The third kappa shape index (κ3) is 3.26. The molecule has 1 aromatic heterocycles. The van der Waals surface area contributed by atoms with Gasteiger partial charge in [0.2, 0.25) is 6.79 Å². The minimum Gasteiger partial charge on any atom is -0.454 e. The molecule has 0 spiro atoms. The van der Waals surface area contributed by atoms with E-state index in [1.54, 1.807) is 6.20 Å². The molecule has 0 unspecified atom stereocenters. The van der Waals surface area contributed by atoms with E-state index < -0.39 is 11.6 Å². The van der Waals surface area contributed by atoms with Crippen molar-refractivity contribution in [3.8, 4) is 17.2 Å². The lowest BCUT2D eigenvalue weighted by molar-refractivity contribution is 0.173. The number of ether oxygens (including phenoxy) is 2. The van der Waals surface area contributed by atoms with Gasteiger partial charge in [0.05, 0.1) is 6.20 Å². The zero-order valence-corrected chi connectivity index (χ0v) is 15.0. The number of nitrogens with one attached hydrogen (secondary N) is 1. The molecule has 1 atom stereocenters. The Balaban J connectivity index is 1.52. The van der Waals surface area contributed by atoms with Crippen LogP contribution in [0.3, 0.4) is 0 Å². The quantitative estimate of drug-likeness (QED) is 0.735. The van der Waals surface area contributed by atoms with Crippen LogP contribution in [-0.2, 0) is 6.54 Å². The number of para-hydroxylation sites is 1. The van der Waals surface area contributed by atoms with E-state index in [-0.39, 0.29) is 18.5 Å². The lowest BCUT2D eigenvalue weighted by Crippen LogP contribution is -2.19. The lowest BCUT2D eigenvalue weighted by atomic mass is 10.1. The first-order valence-electron chi connectivity index (χ1n) is 8.65. The van der Waals surface area contributed by atoms with Gasteiger partial charge in [0.1, 0.15) is 11.5 Å². The number of nitrogens with zero attached hydrogens (tertiary/aromatic N) is 2. The van der Waals surface area contributed by atoms with Gasteiger partial charge >= 0.3 is 0 Å². The fourth-order valence-electron chi connectivity index (χ4n) is 3.25. The highest BCUT2D eigenvalue weighted by atomic mass is 19.1. The van der Waals surface area contributed by atoms with Crippen molar-refractivity contribution < 1.29 is 18.3 Å². The molecule has 7 heteroatoms. The molecule has 0 amide bonds. The van der Waals surface area contributed by atoms with Crippen LogP contribution in [-0.4, -0.2) is 16.6 Å². The Kier molecular flexibility index (Phi) is 4.53. The summed E-state index contributed by atoms with van der Waals surface area (Å²) in [4.78, 5) is 0. The SMILES string of the molecule is Cc1c([C@H](C)NCc2cccc3c2OCO3)cnn1-c1ccc(F)cc1F. The maximum Gasteiger partial charge on any atom is 0.231 e. The zero-order chi connectivity index (χ0) is 19.0. The van der Waals surface area contributed by atoms with Crippen LogP contribution in [0, 0.1) is 18.6 Å². The number of halogens is 2. The summed E-state index contributed by atoms with van der Waals surface area (Å²) >= 11 is 0. The summed E-state index contributed by atoms with van der Waals surface area (Å²) < 4.78 is 39.6. The van der Waals surface area contributed by atoms with Crippen molar-refractivity contribution in [3.05, 3.63) is 71.1 Å². The summed E-state index contributed by atoms with van der Waals surface area (Å²) in [6.07, 6.45) is 1.70. The highest BCUT2D eigenvalue weighted by molar-refractivity contribution is 5.48. The summed E-state index contributed by atoms with van der Waals surface area (Å²) in [7, 11) is 0. The van der Waals surface area contributed by atoms with E-state index in [4.69, 9.17) is 9.47 Å². The van der Waals surface area contributed by atoms with Crippen LogP contribution < -0.4 is 14.8 Å². The highest BCUT2D eigenvalue weighted by Crippen LogP contribution is 2.35. The van der Waals surface area contributed by atoms with Crippen molar-refractivity contribution in [1.29, 1.82) is 0 Å². The number of hydrogen-bond acceptors (Lipinski definition) is 4. The number of fused-ring (bicyclic) bond motifs is 1. The maximum absolute atomic E-state index is 14.1. The molecule has 3 aromatic rings. The third-order valence-electron chi connectivity index (χ3n) is 4.73. The van der Waals surface area contributed by atoms with E-state index in [1.165, 1.54) is 16.8 Å². The largest absolute Gasteiger partial charge is 0.454 e. The molecular weight excluding hydrogens is 352 g/mol. The van der Waals surface area contributed by atoms with E-state index in [0.717, 1.165) is 34.4 Å². The van der Waals surface area contributed by atoms with Gasteiger partial charge in [0.15, 0.2) is 17.3 Å². The summed E-state index contributed by atoms with van der Waals surface area (Å²) in [6.45, 7) is 4.69. The smallest absolute Gasteiger partial charge is 0.231 e. The van der Waals surface area contributed by atoms with E-state index >= 15 is 0 Å². The summed E-state index contributed by atoms with van der Waals surface area (Å²) in [5, 5.41) is 7.71. The molecule has 4 rings (SSSR count). The Bertz CT molecular complexity index is 987. The average molecular weight is 371 g/mol. The Morgan fingerprint density at radius 1 is 1.22 bits per heavy atom. The fraction of sp³-hybridized carbons (Fsp3) is 0.250. The molecule has 0 radical (unpaired) electrons. The second-order valence-corrected chi connectivity index (χ2v) is 6.45. The van der Waals surface area contributed by atoms with Crippen LogP contribution in [0.25, 0.3) is 5.69 Å². The van der Waals surface area contributed by atoms with Crippen LogP contribution in [0.15, 0.2) is 42.6 Å². The van der Waals surface area contributed by atoms with Crippen LogP contribution in [0.2, 0.25) is 0 Å². The van der Waals surface area contributed by atoms with Crippen LogP contribution >= 0.6 is 0 Å². The molecule has 2 aromatic carbocycles.